The molecule has 0 aromatic heterocycles. The summed E-state index contributed by atoms with van der Waals surface area (Å²) in [5.74, 6) is 0.142. The van der Waals surface area contributed by atoms with E-state index in [1.807, 2.05) is 30.3 Å². The number of piperidine rings is 1. The predicted octanol–water partition coefficient (Wildman–Crippen LogP) is 1.51. The zero-order chi connectivity index (χ0) is 13.5. The average Bonchev–Trinajstić information content (AvgIpc) is 2.49. The van der Waals surface area contributed by atoms with E-state index in [1.54, 1.807) is 0 Å². The lowest BCUT2D eigenvalue weighted by atomic mass is 9.98. The SMILES string of the molecule is N/C(=N/O)C(CNN1CCCCC1)c1ccccc1. The molecule has 5 nitrogen and oxygen atoms in total. The van der Waals surface area contributed by atoms with E-state index in [4.69, 9.17) is 10.9 Å². The maximum absolute atomic E-state index is 8.93. The fourth-order valence-electron chi connectivity index (χ4n) is 2.42. The van der Waals surface area contributed by atoms with E-state index in [0.29, 0.717) is 6.54 Å². The Hall–Kier alpha value is -1.59. The van der Waals surface area contributed by atoms with Crippen LogP contribution in [-0.4, -0.2) is 35.7 Å². The van der Waals surface area contributed by atoms with Gasteiger partial charge in [-0.25, -0.2) is 5.01 Å². The van der Waals surface area contributed by atoms with E-state index >= 15 is 0 Å². The smallest absolute Gasteiger partial charge is 0.148 e. The Morgan fingerprint density at radius 2 is 1.95 bits per heavy atom. The van der Waals surface area contributed by atoms with Crippen LogP contribution in [0.5, 0.6) is 0 Å². The van der Waals surface area contributed by atoms with Gasteiger partial charge in [-0.05, 0) is 18.4 Å². The molecule has 1 atom stereocenters. The molecule has 1 fully saturated rings. The molecule has 1 aliphatic heterocycles. The molecule has 2 rings (SSSR count). The summed E-state index contributed by atoms with van der Waals surface area (Å²) in [6, 6.07) is 9.90. The molecule has 1 aromatic carbocycles. The Morgan fingerprint density at radius 1 is 1.26 bits per heavy atom. The maximum Gasteiger partial charge on any atom is 0.148 e. The zero-order valence-corrected chi connectivity index (χ0v) is 11.1. The van der Waals surface area contributed by atoms with Crippen LogP contribution in [0.4, 0.5) is 0 Å². The molecule has 0 radical (unpaired) electrons. The van der Waals surface area contributed by atoms with E-state index in [9.17, 15) is 0 Å². The molecule has 0 aliphatic carbocycles. The Kier molecular flexibility index (Phi) is 5.18. The fourth-order valence-corrected chi connectivity index (χ4v) is 2.42. The van der Waals surface area contributed by atoms with Gasteiger partial charge < -0.3 is 10.9 Å². The zero-order valence-electron chi connectivity index (χ0n) is 11.1. The normalized spacial score (nSPS) is 19.3. The lowest BCUT2D eigenvalue weighted by molar-refractivity contribution is 0.154. The van der Waals surface area contributed by atoms with Crippen molar-refractivity contribution >= 4 is 5.84 Å². The molecule has 1 unspecified atom stereocenters. The molecule has 0 bridgehead atoms. The summed E-state index contributed by atoms with van der Waals surface area (Å²) in [5, 5.41) is 14.3. The van der Waals surface area contributed by atoms with Crippen molar-refractivity contribution in [3.63, 3.8) is 0 Å². The second-order valence-corrected chi connectivity index (χ2v) is 4.90. The van der Waals surface area contributed by atoms with Gasteiger partial charge in [0, 0.05) is 19.6 Å². The van der Waals surface area contributed by atoms with Gasteiger partial charge >= 0.3 is 0 Å². The number of nitrogens with zero attached hydrogens (tertiary/aromatic N) is 2. The van der Waals surface area contributed by atoms with E-state index < -0.39 is 0 Å². The number of oxime groups is 1. The number of rotatable bonds is 5. The number of amidine groups is 1. The van der Waals surface area contributed by atoms with Gasteiger partial charge in [0.15, 0.2) is 0 Å². The molecule has 4 N–H and O–H groups in total. The quantitative estimate of drug-likeness (QED) is 0.325. The summed E-state index contributed by atoms with van der Waals surface area (Å²) in [5.41, 5.74) is 10.3. The van der Waals surface area contributed by atoms with Crippen LogP contribution in [0.3, 0.4) is 0 Å². The number of hydrogen-bond acceptors (Lipinski definition) is 4. The van der Waals surface area contributed by atoms with Crippen molar-refractivity contribution in [2.75, 3.05) is 19.6 Å². The standard InChI is InChI=1S/C14H22N4O/c15-14(17-19)13(12-7-3-1-4-8-12)11-16-18-9-5-2-6-10-18/h1,3-4,7-8,13,16,19H,2,5-6,9-11H2,(H2,15,17). The topological polar surface area (TPSA) is 73.9 Å². The molecular formula is C14H22N4O. The summed E-state index contributed by atoms with van der Waals surface area (Å²) in [4.78, 5) is 0. The van der Waals surface area contributed by atoms with Crippen molar-refractivity contribution in [2.45, 2.75) is 25.2 Å². The van der Waals surface area contributed by atoms with E-state index in [0.717, 1.165) is 18.7 Å². The number of nitrogens with one attached hydrogen (secondary N) is 1. The first kappa shape index (κ1) is 13.8. The highest BCUT2D eigenvalue weighted by Gasteiger charge is 2.18. The first-order valence-corrected chi connectivity index (χ1v) is 6.82. The summed E-state index contributed by atoms with van der Waals surface area (Å²) < 4.78 is 0. The van der Waals surface area contributed by atoms with E-state index in [-0.39, 0.29) is 11.8 Å². The Balaban J connectivity index is 1.98. The van der Waals surface area contributed by atoms with Crippen LogP contribution in [0.2, 0.25) is 0 Å². The molecule has 0 amide bonds. The van der Waals surface area contributed by atoms with Gasteiger partial charge in [0.05, 0.1) is 5.92 Å². The van der Waals surface area contributed by atoms with Crippen molar-refractivity contribution in [2.24, 2.45) is 10.9 Å². The summed E-state index contributed by atoms with van der Waals surface area (Å²) in [6.07, 6.45) is 3.76. The maximum atomic E-state index is 8.93. The van der Waals surface area contributed by atoms with Crippen LogP contribution in [0.15, 0.2) is 35.5 Å². The first-order chi connectivity index (χ1) is 9.31. The van der Waals surface area contributed by atoms with Crippen LogP contribution in [0, 0.1) is 0 Å². The molecule has 1 aliphatic rings. The summed E-state index contributed by atoms with van der Waals surface area (Å²) >= 11 is 0. The molecule has 0 saturated carbocycles. The largest absolute Gasteiger partial charge is 0.409 e. The van der Waals surface area contributed by atoms with Gasteiger partial charge in [-0.1, -0.05) is 41.9 Å². The molecule has 1 heterocycles. The number of nitrogens with two attached hydrogens (primary N) is 1. The minimum Gasteiger partial charge on any atom is -0.409 e. The lowest BCUT2D eigenvalue weighted by Gasteiger charge is -2.29. The third-order valence-electron chi connectivity index (χ3n) is 3.55. The Labute approximate surface area is 114 Å². The molecule has 1 aromatic rings. The van der Waals surface area contributed by atoms with Crippen molar-refractivity contribution in [3.8, 4) is 0 Å². The van der Waals surface area contributed by atoms with Gasteiger partial charge in [-0.2, -0.15) is 0 Å². The van der Waals surface area contributed by atoms with Crippen LogP contribution in [0.1, 0.15) is 30.7 Å². The molecule has 1 saturated heterocycles. The monoisotopic (exact) mass is 262 g/mol. The highest BCUT2D eigenvalue weighted by Crippen LogP contribution is 2.15. The summed E-state index contributed by atoms with van der Waals surface area (Å²) in [7, 11) is 0. The molecule has 5 heteroatoms. The lowest BCUT2D eigenvalue weighted by Crippen LogP contribution is -2.45. The highest BCUT2D eigenvalue weighted by molar-refractivity contribution is 5.87. The first-order valence-electron chi connectivity index (χ1n) is 6.82. The second-order valence-electron chi connectivity index (χ2n) is 4.90. The molecule has 104 valence electrons. The van der Waals surface area contributed by atoms with E-state index in [2.05, 4.69) is 15.6 Å². The third kappa shape index (κ3) is 3.94. The fraction of sp³-hybridized carbons (Fsp3) is 0.500. The summed E-state index contributed by atoms with van der Waals surface area (Å²) in [6.45, 7) is 2.79. The van der Waals surface area contributed by atoms with Gasteiger partial charge in [-0.15, -0.1) is 0 Å². The highest BCUT2D eigenvalue weighted by atomic mass is 16.4. The number of hydrogen-bond donors (Lipinski definition) is 3. The molecule has 19 heavy (non-hydrogen) atoms. The van der Waals surface area contributed by atoms with Crippen LogP contribution < -0.4 is 11.2 Å². The number of hydrazine groups is 1. The van der Waals surface area contributed by atoms with Crippen molar-refractivity contribution in [1.29, 1.82) is 0 Å². The third-order valence-corrected chi connectivity index (χ3v) is 3.55. The van der Waals surface area contributed by atoms with Gasteiger partial charge in [-0.3, -0.25) is 5.43 Å². The van der Waals surface area contributed by atoms with Crippen LogP contribution in [0.25, 0.3) is 0 Å². The van der Waals surface area contributed by atoms with Crippen molar-refractivity contribution < 1.29 is 5.21 Å². The van der Waals surface area contributed by atoms with Gasteiger partial charge in [0.25, 0.3) is 0 Å². The van der Waals surface area contributed by atoms with Crippen molar-refractivity contribution in [3.05, 3.63) is 35.9 Å². The Morgan fingerprint density at radius 3 is 2.58 bits per heavy atom. The van der Waals surface area contributed by atoms with Gasteiger partial charge in [0.2, 0.25) is 0 Å². The predicted molar refractivity (Wildman–Crippen MR) is 76.0 cm³/mol. The minimum atomic E-state index is -0.104. The van der Waals surface area contributed by atoms with Crippen LogP contribution in [-0.2, 0) is 0 Å². The van der Waals surface area contributed by atoms with Crippen LogP contribution >= 0.6 is 0 Å². The Bertz CT molecular complexity index is 401. The molecular weight excluding hydrogens is 240 g/mol. The van der Waals surface area contributed by atoms with Crippen molar-refractivity contribution in [1.82, 2.24) is 10.4 Å². The van der Waals surface area contributed by atoms with E-state index in [1.165, 1.54) is 19.3 Å². The molecule has 0 spiro atoms. The number of benzene rings is 1. The second kappa shape index (κ2) is 7.11. The minimum absolute atomic E-state index is 0.104. The average molecular weight is 262 g/mol. The van der Waals surface area contributed by atoms with Gasteiger partial charge in [0.1, 0.15) is 5.84 Å².